The van der Waals surface area contributed by atoms with Gasteiger partial charge in [-0.25, -0.2) is 17.2 Å². The minimum atomic E-state index is -3.34. The molecule has 1 saturated heterocycles. The average Bonchev–Trinajstić information content (AvgIpc) is 2.89. The van der Waals surface area contributed by atoms with Gasteiger partial charge in [0.15, 0.2) is 0 Å². The van der Waals surface area contributed by atoms with Gasteiger partial charge in [0.1, 0.15) is 11.6 Å². The maximum Gasteiger partial charge on any atom is 0.214 e. The Morgan fingerprint density at radius 3 is 2.48 bits per heavy atom. The van der Waals surface area contributed by atoms with Crippen molar-refractivity contribution in [1.82, 2.24) is 8.87 Å². The van der Waals surface area contributed by atoms with E-state index in [-0.39, 0.29) is 18.8 Å². The average molecular weight is 394 g/mol. The lowest BCUT2D eigenvalue weighted by Crippen LogP contribution is -2.43. The van der Waals surface area contributed by atoms with Gasteiger partial charge in [-0.1, -0.05) is 0 Å². The number of hydrogen-bond donors (Lipinski definition) is 1. The molecule has 2 aromatic carbocycles. The van der Waals surface area contributed by atoms with Gasteiger partial charge >= 0.3 is 0 Å². The molecular formula is C19H20F2N2O3S. The van der Waals surface area contributed by atoms with E-state index < -0.39 is 27.8 Å². The van der Waals surface area contributed by atoms with E-state index in [0.29, 0.717) is 34.8 Å². The third kappa shape index (κ3) is 3.44. The van der Waals surface area contributed by atoms with Crippen LogP contribution < -0.4 is 0 Å². The summed E-state index contributed by atoms with van der Waals surface area (Å²) < 4.78 is 54.8. The number of β-amino-alcohol motifs (C(OH)–C–C–N with tert-alkyl or cyclic N) is 1. The molecule has 1 fully saturated rings. The molecule has 0 spiro atoms. The molecule has 1 atom stereocenters. The van der Waals surface area contributed by atoms with Crippen LogP contribution in [0.5, 0.6) is 0 Å². The molecule has 5 nitrogen and oxygen atoms in total. The Morgan fingerprint density at radius 2 is 1.70 bits per heavy atom. The monoisotopic (exact) mass is 394 g/mol. The van der Waals surface area contributed by atoms with Crippen LogP contribution in [-0.4, -0.2) is 47.3 Å². The lowest BCUT2D eigenvalue weighted by molar-refractivity contribution is 0.128. The van der Waals surface area contributed by atoms with Gasteiger partial charge in [0.05, 0.1) is 23.9 Å². The van der Waals surface area contributed by atoms with Crippen LogP contribution in [0.2, 0.25) is 0 Å². The van der Waals surface area contributed by atoms with Crippen molar-refractivity contribution in [2.75, 3.05) is 18.8 Å². The van der Waals surface area contributed by atoms with Gasteiger partial charge in [0.2, 0.25) is 10.0 Å². The highest BCUT2D eigenvalue weighted by Crippen LogP contribution is 2.30. The third-order valence-electron chi connectivity index (χ3n) is 5.05. The van der Waals surface area contributed by atoms with Crippen LogP contribution in [0.1, 0.15) is 12.8 Å². The summed E-state index contributed by atoms with van der Waals surface area (Å²) in [5.74, 6) is -0.731. The van der Waals surface area contributed by atoms with Gasteiger partial charge in [0, 0.05) is 29.4 Å². The maximum absolute atomic E-state index is 13.8. The number of halogens is 2. The number of benzene rings is 2. The van der Waals surface area contributed by atoms with E-state index in [9.17, 15) is 22.3 Å². The van der Waals surface area contributed by atoms with Crippen molar-refractivity contribution in [2.45, 2.75) is 25.5 Å². The van der Waals surface area contributed by atoms with Gasteiger partial charge in [-0.05, 0) is 49.2 Å². The molecule has 3 aromatic rings. The van der Waals surface area contributed by atoms with Crippen LogP contribution >= 0.6 is 0 Å². The van der Waals surface area contributed by atoms with Crippen molar-refractivity contribution in [3.05, 3.63) is 48.0 Å². The van der Waals surface area contributed by atoms with Gasteiger partial charge in [0.25, 0.3) is 0 Å². The van der Waals surface area contributed by atoms with E-state index in [1.54, 1.807) is 16.7 Å². The Bertz CT molecular complexity index is 1110. The SMILES string of the molecule is O=S1(=O)CCCCN1CC(O)Cn1c2ccc(F)cc2c2ccc(F)cc21. The summed E-state index contributed by atoms with van der Waals surface area (Å²) in [5, 5.41) is 11.9. The van der Waals surface area contributed by atoms with E-state index in [1.807, 2.05) is 0 Å². The van der Waals surface area contributed by atoms with Crippen molar-refractivity contribution < 1.29 is 22.3 Å². The Labute approximate surface area is 155 Å². The van der Waals surface area contributed by atoms with Crippen LogP contribution in [0, 0.1) is 11.6 Å². The molecule has 0 radical (unpaired) electrons. The molecule has 2 heterocycles. The molecule has 0 aliphatic carbocycles. The first kappa shape index (κ1) is 18.3. The molecule has 0 bridgehead atoms. The molecule has 0 saturated carbocycles. The Kier molecular flexibility index (Phi) is 4.65. The Morgan fingerprint density at radius 1 is 0.963 bits per heavy atom. The van der Waals surface area contributed by atoms with Crippen LogP contribution in [0.4, 0.5) is 8.78 Å². The smallest absolute Gasteiger partial charge is 0.214 e. The van der Waals surface area contributed by atoms with Crippen molar-refractivity contribution in [3.8, 4) is 0 Å². The van der Waals surface area contributed by atoms with Crippen LogP contribution in [0.3, 0.4) is 0 Å². The predicted octanol–water partition coefficient (Wildman–Crippen LogP) is 2.86. The number of hydrogen-bond acceptors (Lipinski definition) is 3. The van der Waals surface area contributed by atoms with Crippen LogP contribution in [0.25, 0.3) is 21.8 Å². The quantitative estimate of drug-likeness (QED) is 0.740. The fourth-order valence-electron chi connectivity index (χ4n) is 3.79. The summed E-state index contributed by atoms with van der Waals surface area (Å²) in [4.78, 5) is 0. The number of aliphatic hydroxyl groups is 1. The molecule has 27 heavy (non-hydrogen) atoms. The highest BCUT2D eigenvalue weighted by molar-refractivity contribution is 7.89. The molecule has 4 rings (SSSR count). The van der Waals surface area contributed by atoms with Crippen molar-refractivity contribution >= 4 is 31.8 Å². The normalized spacial score (nSPS) is 18.9. The fourth-order valence-corrected chi connectivity index (χ4v) is 5.42. The second-order valence-corrected chi connectivity index (χ2v) is 9.06. The van der Waals surface area contributed by atoms with Gasteiger partial charge < -0.3 is 9.67 Å². The molecular weight excluding hydrogens is 374 g/mol. The molecule has 8 heteroatoms. The first-order valence-corrected chi connectivity index (χ1v) is 10.5. The number of sulfonamides is 1. The second kappa shape index (κ2) is 6.85. The summed E-state index contributed by atoms with van der Waals surface area (Å²) in [6.45, 7) is 0.466. The summed E-state index contributed by atoms with van der Waals surface area (Å²) in [6.07, 6.45) is 0.434. The Hall–Kier alpha value is -2.03. The topological polar surface area (TPSA) is 62.5 Å². The van der Waals surface area contributed by atoms with Gasteiger partial charge in [-0.15, -0.1) is 0 Å². The summed E-state index contributed by atoms with van der Waals surface area (Å²) in [5.41, 5.74) is 1.20. The predicted molar refractivity (Wildman–Crippen MR) is 100.0 cm³/mol. The number of aromatic nitrogens is 1. The lowest BCUT2D eigenvalue weighted by atomic mass is 10.1. The van der Waals surface area contributed by atoms with E-state index >= 15 is 0 Å². The molecule has 1 N–H and O–H groups in total. The zero-order valence-corrected chi connectivity index (χ0v) is 15.4. The summed E-state index contributed by atoms with van der Waals surface area (Å²) >= 11 is 0. The van der Waals surface area contributed by atoms with Crippen molar-refractivity contribution in [3.63, 3.8) is 0 Å². The van der Waals surface area contributed by atoms with Crippen molar-refractivity contribution in [1.29, 1.82) is 0 Å². The first-order chi connectivity index (χ1) is 12.8. The highest BCUT2D eigenvalue weighted by Gasteiger charge is 2.28. The molecule has 144 valence electrons. The van der Waals surface area contributed by atoms with Gasteiger partial charge in [-0.3, -0.25) is 0 Å². The van der Waals surface area contributed by atoms with Crippen molar-refractivity contribution in [2.24, 2.45) is 0 Å². The first-order valence-electron chi connectivity index (χ1n) is 8.88. The van der Waals surface area contributed by atoms with E-state index in [1.165, 1.54) is 28.6 Å². The minimum absolute atomic E-state index is 0.0139. The molecule has 0 amide bonds. The second-order valence-electron chi connectivity index (χ2n) is 6.97. The number of fused-ring (bicyclic) bond motifs is 3. The zero-order valence-electron chi connectivity index (χ0n) is 14.6. The Balaban J connectivity index is 1.71. The highest BCUT2D eigenvalue weighted by atomic mass is 32.2. The van der Waals surface area contributed by atoms with Gasteiger partial charge in [-0.2, -0.15) is 4.31 Å². The summed E-state index contributed by atoms with van der Waals surface area (Å²) in [6, 6.07) is 8.53. The molecule has 1 aliphatic heterocycles. The number of aliphatic hydroxyl groups excluding tert-OH is 1. The minimum Gasteiger partial charge on any atom is -0.390 e. The van der Waals surface area contributed by atoms with Crippen LogP contribution in [-0.2, 0) is 16.6 Å². The molecule has 1 unspecified atom stereocenters. The fraction of sp³-hybridized carbons (Fsp3) is 0.368. The van der Waals surface area contributed by atoms with E-state index in [0.717, 1.165) is 6.42 Å². The third-order valence-corrected chi connectivity index (χ3v) is 6.97. The summed E-state index contributed by atoms with van der Waals surface area (Å²) in [7, 11) is -3.34. The van der Waals surface area contributed by atoms with E-state index in [4.69, 9.17) is 0 Å². The standard InChI is InChI=1S/C19H20F2N2O3S/c20-13-4-6-18-17(9-13)16-5-3-14(21)10-19(16)23(18)12-15(24)11-22-7-1-2-8-27(22,25)26/h3-6,9-10,15,24H,1-2,7-8,11-12H2. The number of nitrogens with zero attached hydrogens (tertiary/aromatic N) is 2. The van der Waals surface area contributed by atoms with Crippen LogP contribution in [0.15, 0.2) is 36.4 Å². The number of rotatable bonds is 4. The molecule has 1 aliphatic rings. The largest absolute Gasteiger partial charge is 0.390 e. The zero-order chi connectivity index (χ0) is 19.2. The molecule has 1 aromatic heterocycles. The van der Waals surface area contributed by atoms with E-state index in [2.05, 4.69) is 0 Å². The lowest BCUT2D eigenvalue weighted by Gasteiger charge is -2.28. The maximum atomic E-state index is 13.8.